The Hall–Kier alpha value is -1.87. The van der Waals surface area contributed by atoms with Crippen LogP contribution in [-0.4, -0.2) is 19.6 Å². The Morgan fingerprint density at radius 1 is 1.39 bits per heavy atom. The van der Waals surface area contributed by atoms with Gasteiger partial charge in [0.25, 0.3) is 0 Å². The highest BCUT2D eigenvalue weighted by atomic mass is 32.2. The lowest BCUT2D eigenvalue weighted by atomic mass is 10.3. The zero-order valence-corrected chi connectivity index (χ0v) is 11.0. The molecule has 0 aliphatic carbocycles. The molecule has 1 N–H and O–H groups in total. The van der Waals surface area contributed by atoms with Crippen molar-refractivity contribution in [1.82, 2.24) is 0 Å². The number of amides is 1. The summed E-state index contributed by atoms with van der Waals surface area (Å²) >= 11 is 0. The number of rotatable bonds is 4. The van der Waals surface area contributed by atoms with E-state index in [1.54, 1.807) is 13.0 Å². The summed E-state index contributed by atoms with van der Waals surface area (Å²) in [5, 5.41) is 10.3. The molecule has 0 saturated carbocycles. The van der Waals surface area contributed by atoms with Crippen LogP contribution in [0.3, 0.4) is 0 Å². The molecule has 1 rings (SSSR count). The first-order chi connectivity index (χ1) is 8.41. The van der Waals surface area contributed by atoms with E-state index >= 15 is 0 Å². The standard InChI is InChI=1S/C12H14N2O3S/c1-3-11(8-13)18(16,17)12-6-4-10(5-7-12)14-9(2)15/h4-7,11H,3H2,1-2H3,(H,14,15). The Labute approximate surface area is 106 Å². The first-order valence-electron chi connectivity index (χ1n) is 5.43. The molecule has 0 fully saturated rings. The summed E-state index contributed by atoms with van der Waals surface area (Å²) < 4.78 is 24.0. The molecule has 0 aliphatic rings. The van der Waals surface area contributed by atoms with Crippen LogP contribution in [0.1, 0.15) is 20.3 Å². The van der Waals surface area contributed by atoms with E-state index in [1.165, 1.54) is 31.2 Å². The molecule has 0 aliphatic heterocycles. The van der Waals surface area contributed by atoms with Gasteiger partial charge >= 0.3 is 0 Å². The number of carbonyl (C=O) groups is 1. The Balaban J connectivity index is 3.05. The van der Waals surface area contributed by atoms with E-state index in [2.05, 4.69) is 5.32 Å². The number of carbonyl (C=O) groups excluding carboxylic acids is 1. The fourth-order valence-electron chi connectivity index (χ4n) is 1.48. The second kappa shape index (κ2) is 5.65. The molecule has 0 saturated heterocycles. The van der Waals surface area contributed by atoms with Gasteiger partial charge in [-0.3, -0.25) is 4.79 Å². The van der Waals surface area contributed by atoms with E-state index in [1.807, 2.05) is 0 Å². The number of hydrogen-bond acceptors (Lipinski definition) is 4. The minimum atomic E-state index is -3.62. The van der Waals surface area contributed by atoms with Crippen molar-refractivity contribution in [3.63, 3.8) is 0 Å². The molecule has 6 heteroatoms. The lowest BCUT2D eigenvalue weighted by molar-refractivity contribution is -0.114. The molecule has 1 atom stereocenters. The smallest absolute Gasteiger partial charge is 0.221 e. The van der Waals surface area contributed by atoms with Gasteiger partial charge < -0.3 is 5.32 Å². The van der Waals surface area contributed by atoms with Gasteiger partial charge in [-0.25, -0.2) is 8.42 Å². The van der Waals surface area contributed by atoms with Gasteiger partial charge in [0.05, 0.1) is 11.0 Å². The molecule has 0 bridgehead atoms. The number of nitriles is 1. The lowest BCUT2D eigenvalue weighted by Crippen LogP contribution is -2.18. The predicted octanol–water partition coefficient (Wildman–Crippen LogP) is 1.72. The highest BCUT2D eigenvalue weighted by Gasteiger charge is 2.25. The maximum atomic E-state index is 12.0. The topological polar surface area (TPSA) is 87.0 Å². The van der Waals surface area contributed by atoms with Gasteiger partial charge in [0.1, 0.15) is 0 Å². The molecule has 0 aromatic heterocycles. The fraction of sp³-hybridized carbons (Fsp3) is 0.333. The first kappa shape index (κ1) is 14.2. The Kier molecular flexibility index (Phi) is 4.45. The van der Waals surface area contributed by atoms with Gasteiger partial charge in [0.15, 0.2) is 15.1 Å². The zero-order valence-electron chi connectivity index (χ0n) is 10.2. The van der Waals surface area contributed by atoms with Gasteiger partial charge in [0.2, 0.25) is 5.91 Å². The van der Waals surface area contributed by atoms with Crippen molar-refractivity contribution in [2.75, 3.05) is 5.32 Å². The minimum absolute atomic E-state index is 0.0880. The monoisotopic (exact) mass is 266 g/mol. The van der Waals surface area contributed by atoms with Crippen LogP contribution in [0.25, 0.3) is 0 Å². The van der Waals surface area contributed by atoms with E-state index in [0.717, 1.165) is 0 Å². The molecular weight excluding hydrogens is 252 g/mol. The van der Waals surface area contributed by atoms with Crippen molar-refractivity contribution in [1.29, 1.82) is 5.26 Å². The molecule has 1 unspecified atom stereocenters. The van der Waals surface area contributed by atoms with E-state index in [0.29, 0.717) is 5.69 Å². The summed E-state index contributed by atoms with van der Waals surface area (Å²) in [7, 11) is -3.62. The molecule has 5 nitrogen and oxygen atoms in total. The Morgan fingerprint density at radius 2 is 1.94 bits per heavy atom. The summed E-state index contributed by atoms with van der Waals surface area (Å²) in [5.74, 6) is -0.228. The minimum Gasteiger partial charge on any atom is -0.326 e. The van der Waals surface area contributed by atoms with E-state index in [9.17, 15) is 13.2 Å². The van der Waals surface area contributed by atoms with E-state index in [4.69, 9.17) is 5.26 Å². The van der Waals surface area contributed by atoms with E-state index < -0.39 is 15.1 Å². The maximum Gasteiger partial charge on any atom is 0.221 e. The summed E-state index contributed by atoms with van der Waals surface area (Å²) in [4.78, 5) is 10.9. The first-order valence-corrected chi connectivity index (χ1v) is 6.97. The summed E-state index contributed by atoms with van der Waals surface area (Å²) in [5.41, 5.74) is 0.520. The average molecular weight is 266 g/mol. The van der Waals surface area contributed by atoms with Crippen molar-refractivity contribution in [3.8, 4) is 6.07 Å². The Morgan fingerprint density at radius 3 is 2.33 bits per heavy atom. The van der Waals surface area contributed by atoms with Gasteiger partial charge in [-0.15, -0.1) is 0 Å². The number of nitrogens with one attached hydrogen (secondary N) is 1. The molecule has 1 aromatic carbocycles. The van der Waals surface area contributed by atoms with Crippen molar-refractivity contribution in [2.24, 2.45) is 0 Å². The van der Waals surface area contributed by atoms with Crippen molar-refractivity contribution in [2.45, 2.75) is 30.4 Å². The third-order valence-electron chi connectivity index (χ3n) is 2.39. The zero-order chi connectivity index (χ0) is 13.8. The molecule has 1 aromatic rings. The molecular formula is C12H14N2O3S. The third-order valence-corrected chi connectivity index (χ3v) is 4.51. The van der Waals surface area contributed by atoms with Gasteiger partial charge in [0, 0.05) is 12.6 Å². The number of hydrogen-bond donors (Lipinski definition) is 1. The van der Waals surface area contributed by atoms with Crippen LogP contribution in [0, 0.1) is 11.3 Å². The van der Waals surface area contributed by atoms with Gasteiger partial charge in [-0.1, -0.05) is 6.92 Å². The van der Waals surface area contributed by atoms with Gasteiger partial charge in [-0.05, 0) is 30.7 Å². The summed E-state index contributed by atoms with van der Waals surface area (Å²) in [6.45, 7) is 3.02. The molecule has 0 radical (unpaired) electrons. The summed E-state index contributed by atoms with van der Waals surface area (Å²) in [6, 6.07) is 7.56. The normalized spacial score (nSPS) is 12.5. The number of benzene rings is 1. The second-order valence-electron chi connectivity index (χ2n) is 3.78. The predicted molar refractivity (Wildman–Crippen MR) is 67.6 cm³/mol. The van der Waals surface area contributed by atoms with Crippen LogP contribution in [0.2, 0.25) is 0 Å². The van der Waals surface area contributed by atoms with Crippen molar-refractivity contribution < 1.29 is 13.2 Å². The quantitative estimate of drug-likeness (QED) is 0.898. The van der Waals surface area contributed by atoms with Crippen LogP contribution in [0.4, 0.5) is 5.69 Å². The van der Waals surface area contributed by atoms with Crippen LogP contribution in [0.5, 0.6) is 0 Å². The van der Waals surface area contributed by atoms with Crippen molar-refractivity contribution in [3.05, 3.63) is 24.3 Å². The van der Waals surface area contributed by atoms with Crippen LogP contribution < -0.4 is 5.32 Å². The number of anilines is 1. The van der Waals surface area contributed by atoms with Crippen LogP contribution >= 0.6 is 0 Å². The fourth-order valence-corrected chi connectivity index (χ4v) is 2.90. The third kappa shape index (κ3) is 3.08. The maximum absolute atomic E-state index is 12.0. The van der Waals surface area contributed by atoms with E-state index in [-0.39, 0.29) is 17.2 Å². The van der Waals surface area contributed by atoms with Gasteiger partial charge in [-0.2, -0.15) is 5.26 Å². The average Bonchev–Trinajstić information content (AvgIpc) is 2.30. The highest BCUT2D eigenvalue weighted by molar-refractivity contribution is 7.92. The number of nitrogens with zero attached hydrogens (tertiary/aromatic N) is 1. The van der Waals surface area contributed by atoms with Crippen molar-refractivity contribution >= 4 is 21.4 Å². The number of sulfone groups is 1. The SMILES string of the molecule is CCC(C#N)S(=O)(=O)c1ccc(NC(C)=O)cc1. The molecule has 96 valence electrons. The Bertz CT molecular complexity index is 570. The highest BCUT2D eigenvalue weighted by Crippen LogP contribution is 2.20. The molecule has 18 heavy (non-hydrogen) atoms. The lowest BCUT2D eigenvalue weighted by Gasteiger charge is -2.09. The molecule has 0 heterocycles. The largest absolute Gasteiger partial charge is 0.326 e. The second-order valence-corrected chi connectivity index (χ2v) is 5.91. The van der Waals surface area contributed by atoms with Crippen LogP contribution in [0.15, 0.2) is 29.2 Å². The van der Waals surface area contributed by atoms with Crippen LogP contribution in [-0.2, 0) is 14.6 Å². The molecule has 0 spiro atoms. The summed E-state index contributed by atoms with van der Waals surface area (Å²) in [6.07, 6.45) is 0.242. The molecule has 1 amide bonds.